The van der Waals surface area contributed by atoms with Crippen LogP contribution in [0.4, 0.5) is 0 Å². The molecule has 3 atom stereocenters. The van der Waals surface area contributed by atoms with Gasteiger partial charge in [-0.25, -0.2) is 0 Å². The lowest BCUT2D eigenvalue weighted by molar-refractivity contribution is -0.138. The van der Waals surface area contributed by atoms with Gasteiger partial charge in [-0.1, -0.05) is 0 Å². The first-order chi connectivity index (χ1) is 25.4. The zero-order valence-electron chi connectivity index (χ0n) is 29.7. The van der Waals surface area contributed by atoms with Gasteiger partial charge in [-0.05, 0) is 38.5 Å². The highest BCUT2D eigenvalue weighted by Crippen LogP contribution is 2.04. The molecule has 0 aliphatic carbocycles. The van der Waals surface area contributed by atoms with Crippen LogP contribution >= 0.6 is 0 Å². The first-order valence-corrected chi connectivity index (χ1v) is 16.5. The molecule has 0 saturated carbocycles. The summed E-state index contributed by atoms with van der Waals surface area (Å²) in [6, 6.07) is -3.75. The van der Waals surface area contributed by atoms with Crippen LogP contribution in [0.3, 0.4) is 0 Å². The Balaban J connectivity index is 5.83. The average Bonchev–Trinajstić information content (AvgIpc) is 3.10. The minimum atomic E-state index is -1.30. The molecule has 0 radical (unpaired) electrons. The van der Waals surface area contributed by atoms with Crippen LogP contribution in [0.5, 0.6) is 0 Å². The van der Waals surface area contributed by atoms with Crippen LogP contribution in [-0.2, 0) is 38.4 Å². The second-order valence-electron chi connectivity index (χ2n) is 11.2. The van der Waals surface area contributed by atoms with Crippen LogP contribution < -0.4 is 77.4 Å². The molecule has 0 aliphatic rings. The molecule has 0 aliphatic heterocycles. The van der Waals surface area contributed by atoms with Crippen molar-refractivity contribution in [3.8, 4) is 0 Å². The molecule has 26 heteroatoms. The van der Waals surface area contributed by atoms with E-state index >= 15 is 0 Å². The van der Waals surface area contributed by atoms with Crippen molar-refractivity contribution >= 4 is 65.2 Å². The third-order valence-corrected chi connectivity index (χ3v) is 6.69. The minimum absolute atomic E-state index is 0.0258. The molecule has 0 rings (SSSR count). The van der Waals surface area contributed by atoms with Gasteiger partial charge in [-0.2, -0.15) is 0 Å². The topological polar surface area (TPSA) is 460 Å². The van der Waals surface area contributed by atoms with Gasteiger partial charge in [-0.15, -0.1) is 0 Å². The molecular weight excluding hydrogens is 718 g/mol. The number of guanidine groups is 3. The fraction of sp³-hybridized carbons (Fsp3) is 0.607. The monoisotopic (exact) mass is 771 g/mol. The molecule has 0 aromatic rings. The molecule has 22 N–H and O–H groups in total. The molecule has 26 nitrogen and oxygen atoms in total. The quantitative estimate of drug-likeness (QED) is 0.0209. The standard InChI is InChI=1S/C28H53N17O9/c29-10-18(46)39-12-20(48)43-15(4-1-7-36-26(30)31)23(52)42-13-21(49)44-17(6-3-9-38-28(34)35)25(54)45-16(5-2-8-37-27(32)33)24(53)41-11-19(47)40-14-22(50)51/h15-17H,1-14,29H2,(H,39,46)(H,40,47)(H,41,53)(H,42,52)(H,43,48)(H,44,49)(H,45,54)(H,50,51)(H4,30,31,36)(H4,32,33,37)(H4,34,35,38)/t15-,16-,17-/m0/s1. The van der Waals surface area contributed by atoms with Gasteiger partial charge >= 0.3 is 5.97 Å². The van der Waals surface area contributed by atoms with Crippen molar-refractivity contribution in [2.45, 2.75) is 56.7 Å². The predicted molar refractivity (Wildman–Crippen MR) is 194 cm³/mol. The van der Waals surface area contributed by atoms with Crippen molar-refractivity contribution in [1.82, 2.24) is 37.2 Å². The van der Waals surface area contributed by atoms with E-state index in [4.69, 9.17) is 45.2 Å². The third kappa shape index (κ3) is 24.6. The van der Waals surface area contributed by atoms with Crippen molar-refractivity contribution in [1.29, 1.82) is 0 Å². The van der Waals surface area contributed by atoms with E-state index in [9.17, 15) is 38.4 Å². The number of aliphatic carboxylic acids is 1. The van der Waals surface area contributed by atoms with Crippen molar-refractivity contribution < 1.29 is 43.5 Å². The van der Waals surface area contributed by atoms with E-state index in [1.807, 2.05) is 0 Å². The van der Waals surface area contributed by atoms with Crippen LogP contribution in [-0.4, -0.2) is 141 Å². The maximum Gasteiger partial charge on any atom is 0.322 e. The summed E-state index contributed by atoms with van der Waals surface area (Å²) >= 11 is 0. The van der Waals surface area contributed by atoms with Gasteiger partial charge in [0, 0.05) is 19.6 Å². The molecular formula is C28H53N17O9. The van der Waals surface area contributed by atoms with E-state index in [0.29, 0.717) is 0 Å². The number of carboxylic acids is 1. The second-order valence-corrected chi connectivity index (χ2v) is 11.2. The molecule has 0 aromatic heterocycles. The Morgan fingerprint density at radius 2 is 0.815 bits per heavy atom. The Morgan fingerprint density at radius 3 is 1.20 bits per heavy atom. The number of amides is 7. The number of carboxylic acid groups (broad SMARTS) is 1. The van der Waals surface area contributed by atoms with Crippen LogP contribution in [0.2, 0.25) is 0 Å². The van der Waals surface area contributed by atoms with Gasteiger partial charge in [-0.3, -0.25) is 53.3 Å². The van der Waals surface area contributed by atoms with Crippen LogP contribution in [0, 0.1) is 0 Å². The van der Waals surface area contributed by atoms with E-state index in [-0.39, 0.29) is 82.6 Å². The van der Waals surface area contributed by atoms with Crippen molar-refractivity contribution in [2.75, 3.05) is 52.4 Å². The van der Waals surface area contributed by atoms with Crippen LogP contribution in [0.1, 0.15) is 38.5 Å². The molecule has 54 heavy (non-hydrogen) atoms. The number of hydrogen-bond donors (Lipinski definition) is 15. The molecule has 0 bridgehead atoms. The van der Waals surface area contributed by atoms with Crippen LogP contribution in [0.15, 0.2) is 15.0 Å². The van der Waals surface area contributed by atoms with E-state index in [1.54, 1.807) is 0 Å². The second kappa shape index (κ2) is 27.2. The van der Waals surface area contributed by atoms with Gasteiger partial charge in [0.15, 0.2) is 17.9 Å². The van der Waals surface area contributed by atoms with Gasteiger partial charge in [0.2, 0.25) is 41.4 Å². The van der Waals surface area contributed by atoms with Gasteiger partial charge in [0.25, 0.3) is 0 Å². The highest BCUT2D eigenvalue weighted by Gasteiger charge is 2.28. The maximum atomic E-state index is 13.5. The summed E-state index contributed by atoms with van der Waals surface area (Å²) in [5.41, 5.74) is 37.3. The summed E-state index contributed by atoms with van der Waals surface area (Å²) in [5.74, 6) is -7.31. The number of rotatable bonds is 27. The number of nitrogens with zero attached hydrogens (tertiary/aromatic N) is 3. The Morgan fingerprint density at radius 1 is 0.463 bits per heavy atom. The molecule has 304 valence electrons. The van der Waals surface area contributed by atoms with Crippen molar-refractivity contribution in [3.63, 3.8) is 0 Å². The van der Waals surface area contributed by atoms with Gasteiger partial charge in [0.1, 0.15) is 24.7 Å². The number of carbonyl (C=O) groups is 8. The largest absolute Gasteiger partial charge is 0.480 e. The van der Waals surface area contributed by atoms with Gasteiger partial charge in [0.05, 0.1) is 26.2 Å². The zero-order chi connectivity index (χ0) is 41.1. The number of aliphatic imine (C=N–C) groups is 3. The summed E-state index contributed by atoms with van der Waals surface area (Å²) in [7, 11) is 0. The summed E-state index contributed by atoms with van der Waals surface area (Å²) in [6.07, 6.45) is 0.576. The Hall–Kier alpha value is -6.47. The lowest BCUT2D eigenvalue weighted by Crippen LogP contribution is -2.56. The number of nitrogens with two attached hydrogens (primary N) is 7. The predicted octanol–water partition coefficient (Wildman–Crippen LogP) is -8.89. The van der Waals surface area contributed by atoms with Crippen molar-refractivity contribution in [2.24, 2.45) is 55.1 Å². The first kappa shape index (κ1) is 47.5. The van der Waals surface area contributed by atoms with E-state index in [0.717, 1.165) is 0 Å². The fourth-order valence-electron chi connectivity index (χ4n) is 4.15. The summed E-state index contributed by atoms with van der Waals surface area (Å²) in [5, 5.41) is 25.2. The van der Waals surface area contributed by atoms with Crippen LogP contribution in [0.25, 0.3) is 0 Å². The highest BCUT2D eigenvalue weighted by atomic mass is 16.4. The Kier molecular flexibility index (Phi) is 24.0. The summed E-state index contributed by atoms with van der Waals surface area (Å²) in [6.45, 7) is -2.52. The summed E-state index contributed by atoms with van der Waals surface area (Å²) in [4.78, 5) is 110. The van der Waals surface area contributed by atoms with E-state index in [1.165, 1.54) is 0 Å². The summed E-state index contributed by atoms with van der Waals surface area (Å²) < 4.78 is 0. The molecule has 0 heterocycles. The molecule has 7 amide bonds. The number of carbonyl (C=O) groups excluding carboxylic acids is 7. The normalized spacial score (nSPS) is 11.9. The lowest BCUT2D eigenvalue weighted by Gasteiger charge is -2.23. The Bertz CT molecular complexity index is 1380. The maximum absolute atomic E-state index is 13.5. The van der Waals surface area contributed by atoms with Crippen molar-refractivity contribution in [3.05, 3.63) is 0 Å². The molecule has 0 saturated heterocycles. The first-order valence-electron chi connectivity index (χ1n) is 16.5. The smallest absolute Gasteiger partial charge is 0.322 e. The Labute approximate surface area is 310 Å². The number of nitrogens with one attached hydrogen (secondary N) is 7. The molecule has 0 spiro atoms. The van der Waals surface area contributed by atoms with E-state index < -0.39 is 91.6 Å². The molecule has 0 unspecified atom stereocenters. The van der Waals surface area contributed by atoms with Gasteiger partial charge < -0.3 is 82.5 Å². The average molecular weight is 772 g/mol. The molecule has 0 fully saturated rings. The lowest BCUT2D eigenvalue weighted by atomic mass is 10.1. The molecule has 0 aromatic carbocycles. The van der Waals surface area contributed by atoms with E-state index in [2.05, 4.69) is 52.2 Å². The minimum Gasteiger partial charge on any atom is -0.480 e. The fourth-order valence-corrected chi connectivity index (χ4v) is 4.15. The number of hydrogen-bond acceptors (Lipinski definition) is 12. The SMILES string of the molecule is NCC(=O)NCC(=O)N[C@@H](CCCN=C(N)N)C(=O)NCC(=O)N[C@@H](CCCN=C(N)N)C(=O)N[C@@H](CCCN=C(N)N)C(=O)NCC(=O)NCC(=O)O. The third-order valence-electron chi connectivity index (χ3n) is 6.69. The highest BCUT2D eigenvalue weighted by molar-refractivity contribution is 5.95. The zero-order valence-corrected chi connectivity index (χ0v) is 29.7.